The highest BCUT2D eigenvalue weighted by atomic mass is 16.5. The molecule has 1 aliphatic carbocycles. The third-order valence-electron chi connectivity index (χ3n) is 3.42. The molecule has 0 amide bonds. The van der Waals surface area contributed by atoms with E-state index in [1.165, 1.54) is 0 Å². The molecule has 1 saturated carbocycles. The summed E-state index contributed by atoms with van der Waals surface area (Å²) in [5.41, 5.74) is 1.21. The molecule has 94 valence electrons. The van der Waals surface area contributed by atoms with Gasteiger partial charge in [0.05, 0.1) is 12.2 Å². The van der Waals surface area contributed by atoms with E-state index in [4.69, 9.17) is 4.74 Å². The van der Waals surface area contributed by atoms with Gasteiger partial charge in [-0.05, 0) is 25.8 Å². The summed E-state index contributed by atoms with van der Waals surface area (Å²) in [6.07, 6.45) is 3.77. The highest BCUT2D eigenvalue weighted by Gasteiger charge is 2.32. The largest absolute Gasteiger partial charge is 0.490 e. The molecule has 1 fully saturated rings. The van der Waals surface area contributed by atoms with Crippen molar-refractivity contribution in [3.63, 3.8) is 0 Å². The Labute approximate surface area is 102 Å². The second-order valence-corrected chi connectivity index (χ2v) is 4.99. The summed E-state index contributed by atoms with van der Waals surface area (Å²) in [5.74, 6) is 0.679. The second-order valence-electron chi connectivity index (χ2n) is 4.99. The van der Waals surface area contributed by atoms with Crippen LogP contribution in [0.15, 0.2) is 18.2 Å². The Kier molecular flexibility index (Phi) is 3.69. The second kappa shape index (κ2) is 5.07. The Bertz CT molecular complexity index is 381. The first kappa shape index (κ1) is 12.4. The van der Waals surface area contributed by atoms with Crippen LogP contribution in [0.2, 0.25) is 0 Å². The van der Waals surface area contributed by atoms with Crippen LogP contribution in [0.25, 0.3) is 0 Å². The Morgan fingerprint density at radius 1 is 1.29 bits per heavy atom. The first-order valence-electron chi connectivity index (χ1n) is 6.18. The normalized spacial score (nSPS) is 18.3. The van der Waals surface area contributed by atoms with Crippen LogP contribution >= 0.6 is 0 Å². The highest BCUT2D eigenvalue weighted by Crippen LogP contribution is 2.30. The van der Waals surface area contributed by atoms with Crippen LogP contribution in [0.1, 0.15) is 36.8 Å². The van der Waals surface area contributed by atoms with E-state index in [-0.39, 0.29) is 6.61 Å². The molecular weight excluding hydrogens is 216 g/mol. The summed E-state index contributed by atoms with van der Waals surface area (Å²) in [6.45, 7) is 2.27. The average molecular weight is 236 g/mol. The molecular formula is C14H20O3. The van der Waals surface area contributed by atoms with Crippen molar-refractivity contribution in [2.45, 2.75) is 44.8 Å². The average Bonchev–Trinajstić information content (AvgIpc) is 2.75. The van der Waals surface area contributed by atoms with Crippen LogP contribution in [-0.4, -0.2) is 22.4 Å². The molecule has 0 spiro atoms. The van der Waals surface area contributed by atoms with E-state index in [1.807, 2.05) is 25.1 Å². The van der Waals surface area contributed by atoms with Gasteiger partial charge in [-0.25, -0.2) is 0 Å². The molecule has 0 bridgehead atoms. The number of hydrogen-bond donors (Lipinski definition) is 2. The van der Waals surface area contributed by atoms with Gasteiger partial charge in [0.1, 0.15) is 12.4 Å². The van der Waals surface area contributed by atoms with Crippen LogP contribution in [-0.2, 0) is 6.61 Å². The lowest BCUT2D eigenvalue weighted by Crippen LogP contribution is -2.32. The third-order valence-corrected chi connectivity index (χ3v) is 3.42. The molecule has 1 aromatic carbocycles. The summed E-state index contributed by atoms with van der Waals surface area (Å²) < 4.78 is 5.66. The number of ether oxygens (including phenoxy) is 1. The van der Waals surface area contributed by atoms with E-state index in [0.717, 1.165) is 36.8 Å². The zero-order valence-electron chi connectivity index (χ0n) is 10.3. The number of aryl methyl sites for hydroxylation is 1. The zero-order chi connectivity index (χ0) is 12.3. The van der Waals surface area contributed by atoms with E-state index >= 15 is 0 Å². The van der Waals surface area contributed by atoms with E-state index in [2.05, 4.69) is 0 Å². The van der Waals surface area contributed by atoms with Crippen LogP contribution in [0.4, 0.5) is 0 Å². The van der Waals surface area contributed by atoms with Crippen molar-refractivity contribution in [3.8, 4) is 5.75 Å². The van der Waals surface area contributed by atoms with E-state index in [1.54, 1.807) is 0 Å². The molecule has 17 heavy (non-hydrogen) atoms. The molecule has 1 aromatic rings. The van der Waals surface area contributed by atoms with Gasteiger partial charge in [0.15, 0.2) is 0 Å². The highest BCUT2D eigenvalue weighted by molar-refractivity contribution is 5.36. The van der Waals surface area contributed by atoms with Gasteiger partial charge in [0.25, 0.3) is 0 Å². The minimum atomic E-state index is -0.669. The quantitative estimate of drug-likeness (QED) is 0.842. The summed E-state index contributed by atoms with van der Waals surface area (Å²) in [4.78, 5) is 0. The minimum Gasteiger partial charge on any atom is -0.490 e. The molecule has 2 N–H and O–H groups in total. The maximum Gasteiger partial charge on any atom is 0.124 e. The lowest BCUT2D eigenvalue weighted by atomic mass is 10.0. The number of hydrogen-bond acceptors (Lipinski definition) is 3. The van der Waals surface area contributed by atoms with Gasteiger partial charge in [0, 0.05) is 5.56 Å². The van der Waals surface area contributed by atoms with Crippen molar-refractivity contribution in [3.05, 3.63) is 29.3 Å². The summed E-state index contributed by atoms with van der Waals surface area (Å²) in [5, 5.41) is 19.4. The number of aliphatic hydroxyl groups excluding tert-OH is 1. The monoisotopic (exact) mass is 236 g/mol. The van der Waals surface area contributed by atoms with Gasteiger partial charge in [-0.3, -0.25) is 0 Å². The van der Waals surface area contributed by atoms with Gasteiger partial charge in [0.2, 0.25) is 0 Å². The van der Waals surface area contributed by atoms with Gasteiger partial charge in [-0.1, -0.05) is 30.5 Å². The molecule has 0 saturated heterocycles. The third kappa shape index (κ3) is 2.99. The molecule has 3 nitrogen and oxygen atoms in total. The van der Waals surface area contributed by atoms with Crippen molar-refractivity contribution < 1.29 is 14.9 Å². The molecule has 2 rings (SSSR count). The summed E-state index contributed by atoms with van der Waals surface area (Å²) in [7, 11) is 0. The van der Waals surface area contributed by atoms with Crippen LogP contribution in [0.5, 0.6) is 5.75 Å². The first-order chi connectivity index (χ1) is 8.13. The predicted octanol–water partition coefficient (Wildman–Crippen LogP) is 2.17. The van der Waals surface area contributed by atoms with Gasteiger partial charge in [-0.15, -0.1) is 0 Å². The predicted molar refractivity (Wildman–Crippen MR) is 66.0 cm³/mol. The fraction of sp³-hybridized carbons (Fsp3) is 0.571. The first-order valence-corrected chi connectivity index (χ1v) is 6.18. The maximum absolute atomic E-state index is 10.2. The van der Waals surface area contributed by atoms with Crippen molar-refractivity contribution in [2.75, 3.05) is 6.61 Å². The molecule has 0 heterocycles. The SMILES string of the molecule is Cc1ccc(OCC2(O)CCCC2)c(CO)c1. The lowest BCUT2D eigenvalue weighted by Gasteiger charge is -2.23. The fourth-order valence-electron chi connectivity index (χ4n) is 2.36. The smallest absolute Gasteiger partial charge is 0.124 e. The summed E-state index contributed by atoms with van der Waals surface area (Å²) >= 11 is 0. The van der Waals surface area contributed by atoms with E-state index in [0.29, 0.717) is 12.4 Å². The van der Waals surface area contributed by atoms with E-state index in [9.17, 15) is 10.2 Å². The number of aliphatic hydroxyl groups is 2. The topological polar surface area (TPSA) is 49.7 Å². The number of benzene rings is 1. The fourth-order valence-corrected chi connectivity index (χ4v) is 2.36. The van der Waals surface area contributed by atoms with Crippen molar-refractivity contribution in [2.24, 2.45) is 0 Å². The van der Waals surface area contributed by atoms with Gasteiger partial charge >= 0.3 is 0 Å². The van der Waals surface area contributed by atoms with E-state index < -0.39 is 5.60 Å². The van der Waals surface area contributed by atoms with Gasteiger partial charge in [-0.2, -0.15) is 0 Å². The zero-order valence-corrected chi connectivity index (χ0v) is 10.3. The van der Waals surface area contributed by atoms with Gasteiger partial charge < -0.3 is 14.9 Å². The molecule has 0 radical (unpaired) electrons. The molecule has 0 aliphatic heterocycles. The van der Waals surface area contributed by atoms with Crippen molar-refractivity contribution in [1.82, 2.24) is 0 Å². The van der Waals surface area contributed by atoms with Crippen LogP contribution < -0.4 is 4.74 Å². The van der Waals surface area contributed by atoms with Crippen LogP contribution in [0, 0.1) is 6.92 Å². The van der Waals surface area contributed by atoms with Crippen LogP contribution in [0.3, 0.4) is 0 Å². The minimum absolute atomic E-state index is 0.0323. The Morgan fingerprint density at radius 3 is 2.65 bits per heavy atom. The van der Waals surface area contributed by atoms with Crippen molar-refractivity contribution >= 4 is 0 Å². The Hall–Kier alpha value is -1.06. The number of rotatable bonds is 4. The Balaban J connectivity index is 2.03. The molecule has 0 aromatic heterocycles. The maximum atomic E-state index is 10.2. The lowest BCUT2D eigenvalue weighted by molar-refractivity contribution is 0.000816. The van der Waals surface area contributed by atoms with Crippen molar-refractivity contribution in [1.29, 1.82) is 0 Å². The molecule has 1 aliphatic rings. The summed E-state index contributed by atoms with van der Waals surface area (Å²) in [6, 6.07) is 5.72. The molecule has 0 atom stereocenters. The Morgan fingerprint density at radius 2 is 2.00 bits per heavy atom. The molecule has 0 unspecified atom stereocenters. The molecule has 3 heteroatoms. The standard InChI is InChI=1S/C14H20O3/c1-11-4-5-13(12(8-11)9-15)17-10-14(16)6-2-3-7-14/h4-5,8,15-16H,2-3,6-7,9-10H2,1H3.